The number of aryl methyl sites for hydroxylation is 1. The summed E-state index contributed by atoms with van der Waals surface area (Å²) in [6.07, 6.45) is 1.75. The lowest BCUT2D eigenvalue weighted by molar-refractivity contribution is 0.0937. The molecule has 0 fully saturated rings. The van der Waals surface area contributed by atoms with Crippen LogP contribution in [-0.2, 0) is 17.6 Å². The standard InChI is InChI=1S/C20H22N2O4S/c1-11-5-4-6-13(9-11)17(23)21-19-16(18(24)22-20(25)26-3)14-8-7-12(2)10-15(14)27-19/h4-6,9,12H,7-8,10H2,1-3H3,(H,21,23)(H,22,24,25)/t12-/m0/s1. The van der Waals surface area contributed by atoms with Gasteiger partial charge in [0.25, 0.3) is 11.8 Å². The summed E-state index contributed by atoms with van der Waals surface area (Å²) in [6, 6.07) is 7.25. The normalized spacial score (nSPS) is 15.6. The number of ether oxygens (including phenoxy) is 1. The number of amides is 3. The van der Waals surface area contributed by atoms with Crippen molar-refractivity contribution in [3.05, 3.63) is 51.4 Å². The first kappa shape index (κ1) is 19.1. The predicted octanol–water partition coefficient (Wildman–Crippen LogP) is 3.93. The molecule has 27 heavy (non-hydrogen) atoms. The van der Waals surface area contributed by atoms with Crippen molar-refractivity contribution in [2.75, 3.05) is 12.4 Å². The first-order valence-electron chi connectivity index (χ1n) is 8.81. The third kappa shape index (κ3) is 4.19. The van der Waals surface area contributed by atoms with E-state index in [0.29, 0.717) is 22.0 Å². The molecule has 0 saturated carbocycles. The van der Waals surface area contributed by atoms with Crippen LogP contribution in [0.25, 0.3) is 0 Å². The Kier molecular flexibility index (Phi) is 5.60. The van der Waals surface area contributed by atoms with Gasteiger partial charge >= 0.3 is 6.09 Å². The number of imide groups is 1. The topological polar surface area (TPSA) is 84.5 Å². The Bertz CT molecular complexity index is 903. The van der Waals surface area contributed by atoms with Crippen LogP contribution in [0.5, 0.6) is 0 Å². The fourth-order valence-electron chi connectivity index (χ4n) is 3.25. The summed E-state index contributed by atoms with van der Waals surface area (Å²) in [5, 5.41) is 5.55. The molecule has 2 N–H and O–H groups in total. The zero-order valence-electron chi connectivity index (χ0n) is 15.5. The SMILES string of the molecule is COC(=O)NC(=O)c1c(NC(=O)c2cccc(C)c2)sc2c1CC[C@H](C)C2. The number of anilines is 1. The second-order valence-corrected chi connectivity index (χ2v) is 7.93. The molecular formula is C20H22N2O4S. The first-order valence-corrected chi connectivity index (χ1v) is 9.62. The highest BCUT2D eigenvalue weighted by atomic mass is 32.1. The molecule has 1 atom stereocenters. The number of rotatable bonds is 3. The van der Waals surface area contributed by atoms with Crippen LogP contribution in [0.2, 0.25) is 0 Å². The number of benzene rings is 1. The van der Waals surface area contributed by atoms with Crippen LogP contribution in [-0.4, -0.2) is 25.0 Å². The Morgan fingerprint density at radius 2 is 2.00 bits per heavy atom. The molecule has 0 unspecified atom stereocenters. The van der Waals surface area contributed by atoms with Crippen LogP contribution in [0, 0.1) is 12.8 Å². The predicted molar refractivity (Wildman–Crippen MR) is 105 cm³/mol. The summed E-state index contributed by atoms with van der Waals surface area (Å²) in [6.45, 7) is 4.08. The van der Waals surface area contributed by atoms with E-state index in [4.69, 9.17) is 0 Å². The van der Waals surface area contributed by atoms with E-state index >= 15 is 0 Å². The van der Waals surface area contributed by atoms with Gasteiger partial charge < -0.3 is 10.1 Å². The van der Waals surface area contributed by atoms with Crippen LogP contribution < -0.4 is 10.6 Å². The number of thiophene rings is 1. The minimum absolute atomic E-state index is 0.280. The van der Waals surface area contributed by atoms with Crippen molar-refractivity contribution in [1.29, 1.82) is 0 Å². The molecular weight excluding hydrogens is 364 g/mol. The zero-order valence-corrected chi connectivity index (χ0v) is 16.4. The Morgan fingerprint density at radius 3 is 2.70 bits per heavy atom. The smallest absolute Gasteiger partial charge is 0.413 e. The Balaban J connectivity index is 1.95. The Morgan fingerprint density at radius 1 is 1.22 bits per heavy atom. The van der Waals surface area contributed by atoms with E-state index in [-0.39, 0.29) is 5.91 Å². The third-order valence-corrected chi connectivity index (χ3v) is 5.82. The summed E-state index contributed by atoms with van der Waals surface area (Å²) < 4.78 is 4.53. The average molecular weight is 386 g/mol. The van der Waals surface area contributed by atoms with Gasteiger partial charge in [-0.3, -0.25) is 14.9 Å². The van der Waals surface area contributed by atoms with Crippen molar-refractivity contribution in [3.8, 4) is 0 Å². The monoisotopic (exact) mass is 386 g/mol. The molecule has 1 aromatic heterocycles. The van der Waals surface area contributed by atoms with Gasteiger partial charge in [0, 0.05) is 10.4 Å². The summed E-state index contributed by atoms with van der Waals surface area (Å²) in [4.78, 5) is 37.9. The molecule has 7 heteroatoms. The number of fused-ring (bicyclic) bond motifs is 1. The minimum atomic E-state index is -0.819. The van der Waals surface area contributed by atoms with Crippen molar-refractivity contribution in [1.82, 2.24) is 5.32 Å². The highest BCUT2D eigenvalue weighted by Crippen LogP contribution is 2.39. The number of hydrogen-bond acceptors (Lipinski definition) is 5. The van der Waals surface area contributed by atoms with Crippen molar-refractivity contribution in [2.45, 2.75) is 33.1 Å². The van der Waals surface area contributed by atoms with Gasteiger partial charge in [-0.05, 0) is 49.8 Å². The maximum Gasteiger partial charge on any atom is 0.413 e. The van der Waals surface area contributed by atoms with E-state index in [1.807, 2.05) is 19.1 Å². The number of hydrogen-bond donors (Lipinski definition) is 2. The fourth-order valence-corrected chi connectivity index (χ4v) is 4.65. The van der Waals surface area contributed by atoms with Gasteiger partial charge in [0.2, 0.25) is 0 Å². The quantitative estimate of drug-likeness (QED) is 0.837. The largest absolute Gasteiger partial charge is 0.453 e. The van der Waals surface area contributed by atoms with Crippen LogP contribution in [0.15, 0.2) is 24.3 Å². The van der Waals surface area contributed by atoms with Gasteiger partial charge in [-0.1, -0.05) is 24.6 Å². The minimum Gasteiger partial charge on any atom is -0.453 e. The molecule has 1 aliphatic carbocycles. The maximum absolute atomic E-state index is 12.7. The summed E-state index contributed by atoms with van der Waals surface area (Å²) in [5.41, 5.74) is 2.78. The summed E-state index contributed by atoms with van der Waals surface area (Å²) >= 11 is 1.41. The molecule has 3 amide bonds. The number of methoxy groups -OCH3 is 1. The molecule has 1 aromatic carbocycles. The van der Waals surface area contributed by atoms with Crippen LogP contribution in [0.1, 0.15) is 50.1 Å². The molecule has 0 aliphatic heterocycles. The van der Waals surface area contributed by atoms with Gasteiger partial charge in [-0.15, -0.1) is 11.3 Å². The van der Waals surface area contributed by atoms with E-state index in [2.05, 4.69) is 22.3 Å². The van der Waals surface area contributed by atoms with E-state index in [0.717, 1.165) is 35.3 Å². The number of alkyl carbamates (subject to hydrolysis) is 1. The van der Waals surface area contributed by atoms with Crippen molar-refractivity contribution < 1.29 is 19.1 Å². The maximum atomic E-state index is 12.7. The zero-order chi connectivity index (χ0) is 19.6. The first-order chi connectivity index (χ1) is 12.9. The molecule has 1 heterocycles. The van der Waals surface area contributed by atoms with Crippen LogP contribution in [0.4, 0.5) is 9.80 Å². The highest BCUT2D eigenvalue weighted by Gasteiger charge is 2.29. The van der Waals surface area contributed by atoms with E-state index in [1.54, 1.807) is 12.1 Å². The molecule has 1 aliphatic rings. The van der Waals surface area contributed by atoms with Gasteiger partial charge in [0.15, 0.2) is 0 Å². The summed E-state index contributed by atoms with van der Waals surface area (Å²) in [5.74, 6) is -0.307. The van der Waals surface area contributed by atoms with E-state index in [1.165, 1.54) is 18.4 Å². The van der Waals surface area contributed by atoms with Gasteiger partial charge in [-0.25, -0.2) is 4.79 Å². The molecule has 0 saturated heterocycles. The number of carbonyl (C=O) groups excluding carboxylic acids is 3. The lowest BCUT2D eigenvalue weighted by atomic mass is 9.88. The highest BCUT2D eigenvalue weighted by molar-refractivity contribution is 7.17. The molecule has 3 rings (SSSR count). The van der Waals surface area contributed by atoms with Crippen LogP contribution in [0.3, 0.4) is 0 Å². The molecule has 142 valence electrons. The van der Waals surface area contributed by atoms with Crippen LogP contribution >= 0.6 is 11.3 Å². The van der Waals surface area contributed by atoms with Crippen molar-refractivity contribution in [2.24, 2.45) is 5.92 Å². The van der Waals surface area contributed by atoms with Gasteiger partial charge in [0.05, 0.1) is 12.7 Å². The molecule has 0 bridgehead atoms. The molecule has 6 nitrogen and oxygen atoms in total. The van der Waals surface area contributed by atoms with Gasteiger partial charge in [0.1, 0.15) is 5.00 Å². The number of carbonyl (C=O) groups is 3. The fraction of sp³-hybridized carbons (Fsp3) is 0.350. The van der Waals surface area contributed by atoms with Gasteiger partial charge in [-0.2, -0.15) is 0 Å². The van der Waals surface area contributed by atoms with Crippen molar-refractivity contribution >= 4 is 34.2 Å². The van der Waals surface area contributed by atoms with E-state index < -0.39 is 12.0 Å². The Labute approximate surface area is 161 Å². The molecule has 0 spiro atoms. The average Bonchev–Trinajstić information content (AvgIpc) is 2.98. The summed E-state index contributed by atoms with van der Waals surface area (Å²) in [7, 11) is 1.20. The second-order valence-electron chi connectivity index (χ2n) is 6.83. The third-order valence-electron chi connectivity index (χ3n) is 4.65. The Hall–Kier alpha value is -2.67. The lowest BCUT2D eigenvalue weighted by Crippen LogP contribution is -2.31. The second kappa shape index (κ2) is 7.92. The molecule has 2 aromatic rings. The van der Waals surface area contributed by atoms with E-state index in [9.17, 15) is 14.4 Å². The van der Waals surface area contributed by atoms with Crippen molar-refractivity contribution in [3.63, 3.8) is 0 Å². The number of nitrogens with one attached hydrogen (secondary N) is 2. The molecule has 0 radical (unpaired) electrons. The lowest BCUT2D eigenvalue weighted by Gasteiger charge is -2.18.